The van der Waals surface area contributed by atoms with Crippen LogP contribution in [0.4, 0.5) is 5.69 Å². The quantitative estimate of drug-likeness (QED) is 0.921. The number of hydrogen-bond acceptors (Lipinski definition) is 4. The lowest BCUT2D eigenvalue weighted by Crippen LogP contribution is -2.37. The van der Waals surface area contributed by atoms with E-state index in [4.69, 9.17) is 4.74 Å². The fourth-order valence-electron chi connectivity index (χ4n) is 2.88. The summed E-state index contributed by atoms with van der Waals surface area (Å²) in [4.78, 5) is 26.7. The maximum atomic E-state index is 12.5. The number of thioether (sulfide) groups is 1. The smallest absolute Gasteiger partial charge is 0.253 e. The van der Waals surface area contributed by atoms with Gasteiger partial charge in [0, 0.05) is 55.0 Å². The number of hydrogen-bond donors (Lipinski definition) is 1. The van der Waals surface area contributed by atoms with Gasteiger partial charge in [-0.2, -0.15) is 11.8 Å². The van der Waals surface area contributed by atoms with Crippen LogP contribution in [0.3, 0.4) is 0 Å². The molecule has 2 amide bonds. The highest BCUT2D eigenvalue weighted by atomic mass is 32.2. The summed E-state index contributed by atoms with van der Waals surface area (Å²) in [5, 5.41) is 2.94. The lowest BCUT2D eigenvalue weighted by Gasteiger charge is -2.26. The summed E-state index contributed by atoms with van der Waals surface area (Å²) in [6, 6.07) is 7.25. The Morgan fingerprint density at radius 2 is 1.91 bits per heavy atom. The molecule has 0 aromatic heterocycles. The van der Waals surface area contributed by atoms with E-state index < -0.39 is 0 Å². The number of carbonyl (C=O) groups is 2. The fraction of sp³-hybridized carbons (Fsp3) is 0.529. The van der Waals surface area contributed by atoms with Crippen molar-refractivity contribution in [2.45, 2.75) is 12.8 Å². The molecule has 5 nitrogen and oxygen atoms in total. The molecule has 1 N–H and O–H groups in total. The van der Waals surface area contributed by atoms with Gasteiger partial charge in [0.2, 0.25) is 5.91 Å². The monoisotopic (exact) mass is 334 g/mol. The van der Waals surface area contributed by atoms with Crippen molar-refractivity contribution in [2.24, 2.45) is 5.92 Å². The van der Waals surface area contributed by atoms with Gasteiger partial charge in [0.1, 0.15) is 0 Å². The van der Waals surface area contributed by atoms with Crippen LogP contribution in [0.25, 0.3) is 0 Å². The number of amides is 2. The summed E-state index contributed by atoms with van der Waals surface area (Å²) in [5.41, 5.74) is 1.33. The normalized spacial score (nSPS) is 19.4. The van der Waals surface area contributed by atoms with Crippen LogP contribution >= 0.6 is 11.8 Å². The standard InChI is InChI=1S/C17H22N2O3S/c20-16(13-4-8-22-9-5-13)18-15-3-1-2-14(12-15)17(21)19-6-10-23-11-7-19/h1-3,12-13H,4-11H2,(H,18,20). The molecule has 0 spiro atoms. The molecule has 6 heteroatoms. The summed E-state index contributed by atoms with van der Waals surface area (Å²) < 4.78 is 5.29. The number of ether oxygens (including phenoxy) is 1. The Hall–Kier alpha value is -1.53. The minimum atomic E-state index is 0.00206. The molecule has 2 saturated heterocycles. The lowest BCUT2D eigenvalue weighted by atomic mass is 9.99. The van der Waals surface area contributed by atoms with Crippen LogP contribution in [0.15, 0.2) is 24.3 Å². The first-order valence-corrected chi connectivity index (χ1v) is 9.25. The lowest BCUT2D eigenvalue weighted by molar-refractivity contribution is -0.122. The Morgan fingerprint density at radius 1 is 1.17 bits per heavy atom. The maximum Gasteiger partial charge on any atom is 0.253 e. The second-order valence-electron chi connectivity index (χ2n) is 5.86. The van der Waals surface area contributed by atoms with E-state index >= 15 is 0 Å². The van der Waals surface area contributed by atoms with E-state index in [1.807, 2.05) is 34.9 Å². The molecule has 23 heavy (non-hydrogen) atoms. The topological polar surface area (TPSA) is 58.6 Å². The number of rotatable bonds is 3. The molecule has 1 aromatic rings. The zero-order chi connectivity index (χ0) is 16.1. The van der Waals surface area contributed by atoms with Gasteiger partial charge in [0.05, 0.1) is 0 Å². The molecule has 0 bridgehead atoms. The van der Waals surface area contributed by atoms with Gasteiger partial charge < -0.3 is 15.0 Å². The van der Waals surface area contributed by atoms with E-state index in [9.17, 15) is 9.59 Å². The molecule has 124 valence electrons. The molecule has 0 radical (unpaired) electrons. The number of carbonyl (C=O) groups excluding carboxylic acids is 2. The molecular weight excluding hydrogens is 312 g/mol. The van der Waals surface area contributed by atoms with Gasteiger partial charge in [-0.1, -0.05) is 6.07 Å². The average Bonchev–Trinajstić information content (AvgIpc) is 2.63. The first-order valence-electron chi connectivity index (χ1n) is 8.10. The van der Waals surface area contributed by atoms with Gasteiger partial charge in [0.25, 0.3) is 5.91 Å². The van der Waals surface area contributed by atoms with E-state index in [0.717, 1.165) is 37.4 Å². The van der Waals surface area contributed by atoms with Gasteiger partial charge in [-0.15, -0.1) is 0 Å². The van der Waals surface area contributed by atoms with E-state index in [1.54, 1.807) is 6.07 Å². The highest BCUT2D eigenvalue weighted by molar-refractivity contribution is 7.99. The number of nitrogens with one attached hydrogen (secondary N) is 1. The van der Waals surface area contributed by atoms with Crippen molar-refractivity contribution in [1.29, 1.82) is 0 Å². The Labute approximate surface area is 140 Å². The molecule has 2 aliphatic rings. The molecule has 2 fully saturated rings. The van der Waals surface area contributed by atoms with E-state index in [1.165, 1.54) is 0 Å². The summed E-state index contributed by atoms with van der Waals surface area (Å²) >= 11 is 1.88. The predicted molar refractivity (Wildman–Crippen MR) is 91.8 cm³/mol. The Bertz CT molecular complexity index is 567. The zero-order valence-corrected chi connectivity index (χ0v) is 13.9. The van der Waals surface area contributed by atoms with E-state index in [0.29, 0.717) is 24.5 Å². The second kappa shape index (κ2) is 7.84. The number of nitrogens with zero attached hydrogens (tertiary/aromatic N) is 1. The van der Waals surface area contributed by atoms with Crippen molar-refractivity contribution >= 4 is 29.3 Å². The maximum absolute atomic E-state index is 12.5. The molecule has 1 aromatic carbocycles. The van der Waals surface area contributed by atoms with Gasteiger partial charge >= 0.3 is 0 Å². The SMILES string of the molecule is O=C(Nc1cccc(C(=O)N2CCSCC2)c1)C1CCOCC1. The van der Waals surface area contributed by atoms with Crippen molar-refractivity contribution in [3.05, 3.63) is 29.8 Å². The van der Waals surface area contributed by atoms with Gasteiger partial charge in [-0.3, -0.25) is 9.59 Å². The van der Waals surface area contributed by atoms with Crippen molar-refractivity contribution in [3.63, 3.8) is 0 Å². The minimum absolute atomic E-state index is 0.00206. The van der Waals surface area contributed by atoms with Gasteiger partial charge in [-0.25, -0.2) is 0 Å². The van der Waals surface area contributed by atoms with Crippen molar-refractivity contribution in [2.75, 3.05) is 43.1 Å². The summed E-state index contributed by atoms with van der Waals surface area (Å²) in [7, 11) is 0. The summed E-state index contributed by atoms with van der Waals surface area (Å²) in [6.07, 6.45) is 1.52. The predicted octanol–water partition coefficient (Wildman–Crippen LogP) is 2.24. The first kappa shape index (κ1) is 16.3. The Kier molecular flexibility index (Phi) is 5.56. The highest BCUT2D eigenvalue weighted by Crippen LogP contribution is 2.19. The Balaban J connectivity index is 1.64. The molecule has 0 atom stereocenters. The minimum Gasteiger partial charge on any atom is -0.381 e. The molecular formula is C17H22N2O3S. The van der Waals surface area contributed by atoms with E-state index in [-0.39, 0.29) is 17.7 Å². The third kappa shape index (κ3) is 4.26. The molecule has 2 aliphatic heterocycles. The van der Waals surface area contributed by atoms with Crippen molar-refractivity contribution < 1.29 is 14.3 Å². The van der Waals surface area contributed by atoms with Crippen molar-refractivity contribution in [3.8, 4) is 0 Å². The third-order valence-corrected chi connectivity index (χ3v) is 5.21. The number of benzene rings is 1. The van der Waals surface area contributed by atoms with Crippen LogP contribution in [0.5, 0.6) is 0 Å². The van der Waals surface area contributed by atoms with Crippen LogP contribution in [0.1, 0.15) is 23.2 Å². The first-order chi connectivity index (χ1) is 11.2. The van der Waals surface area contributed by atoms with Crippen molar-refractivity contribution in [1.82, 2.24) is 4.90 Å². The van der Waals surface area contributed by atoms with Crippen LogP contribution in [-0.4, -0.2) is 54.5 Å². The van der Waals surface area contributed by atoms with Crippen LogP contribution < -0.4 is 5.32 Å². The zero-order valence-electron chi connectivity index (χ0n) is 13.1. The highest BCUT2D eigenvalue weighted by Gasteiger charge is 2.22. The summed E-state index contributed by atoms with van der Waals surface area (Å²) in [6.45, 7) is 2.87. The van der Waals surface area contributed by atoms with Gasteiger partial charge in [0.15, 0.2) is 0 Å². The van der Waals surface area contributed by atoms with E-state index in [2.05, 4.69) is 5.32 Å². The largest absolute Gasteiger partial charge is 0.381 e. The summed E-state index contributed by atoms with van der Waals surface area (Å²) in [5.74, 6) is 2.06. The van der Waals surface area contributed by atoms with Crippen LogP contribution in [0.2, 0.25) is 0 Å². The van der Waals surface area contributed by atoms with Crippen LogP contribution in [-0.2, 0) is 9.53 Å². The molecule has 3 rings (SSSR count). The molecule has 0 unspecified atom stereocenters. The third-order valence-electron chi connectivity index (χ3n) is 4.27. The molecule has 0 aliphatic carbocycles. The van der Waals surface area contributed by atoms with Crippen LogP contribution in [0, 0.1) is 5.92 Å². The Morgan fingerprint density at radius 3 is 2.65 bits per heavy atom. The second-order valence-corrected chi connectivity index (χ2v) is 7.09. The molecule has 2 heterocycles. The number of anilines is 1. The molecule has 0 saturated carbocycles. The van der Waals surface area contributed by atoms with Gasteiger partial charge in [-0.05, 0) is 31.0 Å². The fourth-order valence-corrected chi connectivity index (χ4v) is 3.79. The average molecular weight is 334 g/mol.